The zero-order valence-electron chi connectivity index (χ0n) is 16.3. The molecule has 3 aromatic rings. The summed E-state index contributed by atoms with van der Waals surface area (Å²) in [5.74, 6) is 0.150. The van der Waals surface area contributed by atoms with Crippen molar-refractivity contribution in [3.05, 3.63) is 77.4 Å². The number of hydrogen-bond donors (Lipinski definition) is 0. The Kier molecular flexibility index (Phi) is 6.83. The lowest BCUT2D eigenvalue weighted by molar-refractivity contribution is 0.128. The molecule has 28 heavy (non-hydrogen) atoms. The van der Waals surface area contributed by atoms with E-state index in [2.05, 4.69) is 16.0 Å². The number of nitrogens with zero attached hydrogens (tertiary/aromatic N) is 4. The maximum Gasteiger partial charge on any atom is 0.140 e. The van der Waals surface area contributed by atoms with Crippen molar-refractivity contribution < 1.29 is 4.74 Å². The summed E-state index contributed by atoms with van der Waals surface area (Å²) in [5.41, 5.74) is 5.07. The number of rotatable bonds is 8. The van der Waals surface area contributed by atoms with Gasteiger partial charge in [0, 0.05) is 29.6 Å². The van der Waals surface area contributed by atoms with Crippen molar-refractivity contribution in [1.82, 2.24) is 15.0 Å². The molecule has 0 saturated heterocycles. The van der Waals surface area contributed by atoms with Gasteiger partial charge in [0.25, 0.3) is 0 Å². The fraction of sp³-hybridized carbons (Fsp3) is 0.304. The SMILES string of the molecule is CCOCC(CCc1cccc(C#N)n1)c1cccc(-c2cccc(C)n2)n1. The monoisotopic (exact) mass is 372 g/mol. The van der Waals surface area contributed by atoms with Crippen LogP contribution < -0.4 is 0 Å². The van der Waals surface area contributed by atoms with Crippen LogP contribution in [0.15, 0.2) is 54.6 Å². The third-order valence-electron chi connectivity index (χ3n) is 4.53. The molecule has 3 heterocycles. The van der Waals surface area contributed by atoms with E-state index < -0.39 is 0 Å². The van der Waals surface area contributed by atoms with Crippen LogP contribution in [-0.4, -0.2) is 28.2 Å². The topological polar surface area (TPSA) is 71.7 Å². The fourth-order valence-corrected chi connectivity index (χ4v) is 3.09. The first-order valence-electron chi connectivity index (χ1n) is 9.54. The highest BCUT2D eigenvalue weighted by Crippen LogP contribution is 2.24. The lowest BCUT2D eigenvalue weighted by Crippen LogP contribution is -2.12. The smallest absolute Gasteiger partial charge is 0.140 e. The zero-order chi connectivity index (χ0) is 19.8. The number of ether oxygens (including phenoxy) is 1. The van der Waals surface area contributed by atoms with E-state index in [1.165, 1.54) is 0 Å². The average Bonchev–Trinajstić information content (AvgIpc) is 2.74. The van der Waals surface area contributed by atoms with Gasteiger partial charge in [-0.15, -0.1) is 0 Å². The third kappa shape index (κ3) is 5.21. The van der Waals surface area contributed by atoms with Crippen LogP contribution in [0.5, 0.6) is 0 Å². The average molecular weight is 372 g/mol. The summed E-state index contributed by atoms with van der Waals surface area (Å²) in [6, 6.07) is 19.7. The van der Waals surface area contributed by atoms with Crippen LogP contribution in [0.1, 0.15) is 42.0 Å². The minimum atomic E-state index is 0.150. The van der Waals surface area contributed by atoms with Gasteiger partial charge >= 0.3 is 0 Å². The highest BCUT2D eigenvalue weighted by atomic mass is 16.5. The Bertz CT molecular complexity index is 965. The van der Waals surface area contributed by atoms with Gasteiger partial charge in [0.2, 0.25) is 0 Å². The normalized spacial score (nSPS) is 11.8. The van der Waals surface area contributed by atoms with Crippen molar-refractivity contribution in [2.45, 2.75) is 32.6 Å². The molecule has 1 unspecified atom stereocenters. The van der Waals surface area contributed by atoms with Crippen LogP contribution in [-0.2, 0) is 11.2 Å². The molecule has 3 rings (SSSR count). The molecule has 0 bridgehead atoms. The summed E-state index contributed by atoms with van der Waals surface area (Å²) < 4.78 is 5.72. The van der Waals surface area contributed by atoms with Gasteiger partial charge in [-0.3, -0.25) is 9.97 Å². The van der Waals surface area contributed by atoms with E-state index >= 15 is 0 Å². The summed E-state index contributed by atoms with van der Waals surface area (Å²) in [6.45, 7) is 5.24. The van der Waals surface area contributed by atoms with Gasteiger partial charge < -0.3 is 4.74 Å². The number of aryl methyl sites for hydroxylation is 2. The minimum absolute atomic E-state index is 0.150. The maximum absolute atomic E-state index is 9.04. The molecular formula is C23H24N4O. The molecule has 0 saturated carbocycles. The van der Waals surface area contributed by atoms with E-state index in [9.17, 15) is 0 Å². The maximum atomic E-state index is 9.04. The van der Waals surface area contributed by atoms with Gasteiger partial charge in [0.05, 0.1) is 18.0 Å². The molecule has 5 nitrogen and oxygen atoms in total. The van der Waals surface area contributed by atoms with E-state index in [0.29, 0.717) is 18.9 Å². The summed E-state index contributed by atoms with van der Waals surface area (Å²) in [4.78, 5) is 13.8. The lowest BCUT2D eigenvalue weighted by Gasteiger charge is -2.17. The molecule has 0 aliphatic rings. The summed E-state index contributed by atoms with van der Waals surface area (Å²) in [7, 11) is 0. The van der Waals surface area contributed by atoms with Gasteiger partial charge in [-0.25, -0.2) is 4.98 Å². The quantitative estimate of drug-likeness (QED) is 0.583. The number of nitriles is 1. The second-order valence-corrected chi connectivity index (χ2v) is 6.63. The summed E-state index contributed by atoms with van der Waals surface area (Å²) >= 11 is 0. The largest absolute Gasteiger partial charge is 0.381 e. The van der Waals surface area contributed by atoms with Crippen molar-refractivity contribution in [1.29, 1.82) is 5.26 Å². The Labute approximate surface area is 166 Å². The Balaban J connectivity index is 1.81. The molecule has 0 fully saturated rings. The number of aromatic nitrogens is 3. The van der Waals surface area contributed by atoms with E-state index in [-0.39, 0.29) is 5.92 Å². The van der Waals surface area contributed by atoms with Crippen LogP contribution in [0.4, 0.5) is 0 Å². The second kappa shape index (κ2) is 9.72. The molecule has 1 atom stereocenters. The zero-order valence-corrected chi connectivity index (χ0v) is 16.3. The first-order chi connectivity index (χ1) is 13.7. The van der Waals surface area contributed by atoms with Crippen LogP contribution in [0, 0.1) is 18.3 Å². The van der Waals surface area contributed by atoms with Crippen molar-refractivity contribution in [3.63, 3.8) is 0 Å². The lowest BCUT2D eigenvalue weighted by atomic mass is 9.97. The Morgan fingerprint density at radius 1 is 0.964 bits per heavy atom. The van der Waals surface area contributed by atoms with Gasteiger partial charge in [-0.1, -0.05) is 18.2 Å². The molecule has 0 amide bonds. The Morgan fingerprint density at radius 3 is 2.46 bits per heavy atom. The first-order valence-corrected chi connectivity index (χ1v) is 9.54. The summed E-state index contributed by atoms with van der Waals surface area (Å²) in [5, 5.41) is 9.04. The highest BCUT2D eigenvalue weighted by Gasteiger charge is 2.15. The van der Waals surface area contributed by atoms with Gasteiger partial charge in [-0.05, 0) is 63.1 Å². The molecular weight excluding hydrogens is 348 g/mol. The van der Waals surface area contributed by atoms with Crippen molar-refractivity contribution >= 4 is 0 Å². The molecule has 0 aliphatic heterocycles. The molecule has 0 N–H and O–H groups in total. The van der Waals surface area contributed by atoms with Crippen molar-refractivity contribution in [2.24, 2.45) is 0 Å². The molecule has 0 radical (unpaired) electrons. The number of pyridine rings is 3. The van der Waals surface area contributed by atoms with E-state index in [4.69, 9.17) is 15.0 Å². The second-order valence-electron chi connectivity index (χ2n) is 6.63. The van der Waals surface area contributed by atoms with Crippen LogP contribution in [0.25, 0.3) is 11.4 Å². The molecule has 0 aromatic carbocycles. The van der Waals surface area contributed by atoms with Gasteiger partial charge in [0.15, 0.2) is 0 Å². The Morgan fingerprint density at radius 2 is 1.71 bits per heavy atom. The predicted molar refractivity (Wildman–Crippen MR) is 109 cm³/mol. The van der Waals surface area contributed by atoms with Crippen LogP contribution in [0.2, 0.25) is 0 Å². The Hall–Kier alpha value is -3.10. The van der Waals surface area contributed by atoms with E-state index in [1.54, 1.807) is 6.07 Å². The highest BCUT2D eigenvalue weighted by molar-refractivity contribution is 5.54. The van der Waals surface area contributed by atoms with Crippen LogP contribution in [0.3, 0.4) is 0 Å². The molecule has 142 valence electrons. The van der Waals surface area contributed by atoms with E-state index in [1.807, 2.05) is 62.4 Å². The minimum Gasteiger partial charge on any atom is -0.381 e. The summed E-state index contributed by atoms with van der Waals surface area (Å²) in [6.07, 6.45) is 1.61. The van der Waals surface area contributed by atoms with Crippen molar-refractivity contribution in [3.8, 4) is 17.5 Å². The number of hydrogen-bond acceptors (Lipinski definition) is 5. The predicted octanol–water partition coefficient (Wildman–Crippen LogP) is 4.47. The van der Waals surface area contributed by atoms with Gasteiger partial charge in [0.1, 0.15) is 11.8 Å². The molecule has 5 heteroatoms. The fourth-order valence-electron chi connectivity index (χ4n) is 3.09. The molecule has 0 aliphatic carbocycles. The standard InChI is InChI=1S/C23H24N4O/c1-3-28-16-18(13-14-19-8-5-9-20(15-24)26-19)21-10-6-12-23(27-21)22-11-4-7-17(2)25-22/h4-12,18H,3,13-14,16H2,1-2H3. The van der Waals surface area contributed by atoms with Crippen molar-refractivity contribution in [2.75, 3.05) is 13.2 Å². The third-order valence-corrected chi connectivity index (χ3v) is 4.53. The van der Waals surface area contributed by atoms with Gasteiger partial charge in [-0.2, -0.15) is 5.26 Å². The molecule has 3 aromatic heterocycles. The van der Waals surface area contributed by atoms with Crippen LogP contribution >= 0.6 is 0 Å². The van der Waals surface area contributed by atoms with E-state index in [0.717, 1.165) is 41.3 Å². The first kappa shape index (κ1) is 19.7. The molecule has 0 spiro atoms.